The van der Waals surface area contributed by atoms with E-state index in [1.165, 1.54) is 0 Å². The number of hydrogen-bond acceptors (Lipinski definition) is 7. The largest absolute Gasteiger partial charge is 0.446 e. The molecule has 1 fully saturated rings. The van der Waals surface area contributed by atoms with Crippen LogP contribution in [0.4, 0.5) is 14.4 Å². The van der Waals surface area contributed by atoms with E-state index in [4.69, 9.17) is 14.2 Å². The molecule has 10 heteroatoms. The van der Waals surface area contributed by atoms with E-state index in [0.717, 1.165) is 9.91 Å². The van der Waals surface area contributed by atoms with Crippen molar-refractivity contribution < 1.29 is 33.4 Å². The van der Waals surface area contributed by atoms with Crippen LogP contribution in [0.1, 0.15) is 79.3 Å². The second-order valence-electron chi connectivity index (χ2n) is 10.3. The summed E-state index contributed by atoms with van der Waals surface area (Å²) in [6, 6.07) is 7.11. The Labute approximate surface area is 206 Å². The number of unbranched alkanes of at least 4 members (excludes halogenated alkanes) is 1. The molecule has 1 N–H and O–H groups in total. The van der Waals surface area contributed by atoms with Gasteiger partial charge in [-0.05, 0) is 53.5 Å². The van der Waals surface area contributed by atoms with Crippen LogP contribution in [-0.4, -0.2) is 57.9 Å². The summed E-state index contributed by atoms with van der Waals surface area (Å²) < 4.78 is 16.0. The van der Waals surface area contributed by atoms with E-state index in [2.05, 4.69) is 5.43 Å². The van der Waals surface area contributed by atoms with Crippen molar-refractivity contribution in [1.82, 2.24) is 15.3 Å². The van der Waals surface area contributed by atoms with E-state index < -0.39 is 47.5 Å². The Morgan fingerprint density at radius 1 is 1.09 bits per heavy atom. The highest BCUT2D eigenvalue weighted by atomic mass is 16.6. The van der Waals surface area contributed by atoms with E-state index in [-0.39, 0.29) is 13.0 Å². The number of hydrogen-bond donors (Lipinski definition) is 1. The summed E-state index contributed by atoms with van der Waals surface area (Å²) in [5.41, 5.74) is 1.35. The van der Waals surface area contributed by atoms with Gasteiger partial charge in [0.15, 0.2) is 0 Å². The predicted molar refractivity (Wildman–Crippen MR) is 128 cm³/mol. The molecule has 0 unspecified atom stereocenters. The van der Waals surface area contributed by atoms with Crippen LogP contribution in [0.3, 0.4) is 0 Å². The summed E-state index contributed by atoms with van der Waals surface area (Å²) >= 11 is 0. The van der Waals surface area contributed by atoms with Gasteiger partial charge >= 0.3 is 18.3 Å². The number of cyclic esters (lactones) is 1. The highest BCUT2D eigenvalue weighted by Gasteiger charge is 2.45. The van der Waals surface area contributed by atoms with Crippen LogP contribution < -0.4 is 5.43 Å². The van der Waals surface area contributed by atoms with Crippen molar-refractivity contribution in [2.75, 3.05) is 6.61 Å². The molecule has 35 heavy (non-hydrogen) atoms. The summed E-state index contributed by atoms with van der Waals surface area (Å²) in [6.45, 7) is 11.9. The molecular weight excluding hydrogens is 454 g/mol. The van der Waals surface area contributed by atoms with Gasteiger partial charge in [0.2, 0.25) is 0 Å². The monoisotopic (exact) mass is 491 g/mol. The van der Waals surface area contributed by atoms with Gasteiger partial charge in [0.05, 0.1) is 0 Å². The predicted octanol–water partition coefficient (Wildman–Crippen LogP) is 4.94. The maximum Gasteiger partial charge on any atom is 0.430 e. The minimum absolute atomic E-state index is 0.0129. The van der Waals surface area contributed by atoms with Gasteiger partial charge in [0.25, 0.3) is 5.91 Å². The quantitative estimate of drug-likeness (QED) is 0.443. The summed E-state index contributed by atoms with van der Waals surface area (Å²) in [5.74, 6) is -0.684. The Hall–Kier alpha value is -3.30. The normalized spacial score (nSPS) is 16.8. The van der Waals surface area contributed by atoms with Crippen molar-refractivity contribution in [2.24, 2.45) is 0 Å². The molecule has 1 aliphatic heterocycles. The summed E-state index contributed by atoms with van der Waals surface area (Å²) in [7, 11) is 0. The molecule has 1 saturated heterocycles. The zero-order valence-corrected chi connectivity index (χ0v) is 21.6. The van der Waals surface area contributed by atoms with Crippen LogP contribution in [0, 0.1) is 0 Å². The Morgan fingerprint density at radius 2 is 1.69 bits per heavy atom. The van der Waals surface area contributed by atoms with Crippen molar-refractivity contribution in [3.05, 3.63) is 35.9 Å². The summed E-state index contributed by atoms with van der Waals surface area (Å²) in [6.07, 6.45) is -1.25. The lowest BCUT2D eigenvalue weighted by atomic mass is 10.0. The molecule has 1 aromatic rings. The number of rotatable bonds is 6. The molecule has 1 aliphatic rings. The number of benzene rings is 1. The first-order valence-corrected chi connectivity index (χ1v) is 11.8. The minimum atomic E-state index is -1.23. The van der Waals surface area contributed by atoms with Gasteiger partial charge in [-0.25, -0.2) is 29.7 Å². The third kappa shape index (κ3) is 8.15. The molecule has 0 saturated carbocycles. The first-order valence-electron chi connectivity index (χ1n) is 11.8. The molecule has 4 amide bonds. The van der Waals surface area contributed by atoms with Crippen LogP contribution in [-0.2, 0) is 19.0 Å². The first-order chi connectivity index (χ1) is 16.2. The first kappa shape index (κ1) is 27.9. The van der Waals surface area contributed by atoms with Gasteiger partial charge in [-0.15, -0.1) is 0 Å². The number of amides is 4. The standard InChI is InChI=1S/C25H37N3O7/c1-8-9-15-18(20(29)27-19(16-33-22(27)31)17-13-11-10-12-14-17)28(23(32)35-25(5,6)7)26-21(30)34-24(2,3)4/h10-14,18-19H,8-9,15-16H2,1-7H3,(H,26,30)/t18-,19-/m0/s1. The lowest BCUT2D eigenvalue weighted by Crippen LogP contribution is -2.59. The SMILES string of the molecule is CCCC[C@@H](C(=O)N1C(=O)OC[C@H]1c1ccccc1)N(NC(=O)OC(C)(C)C)C(=O)OC(C)(C)C. The molecule has 0 aromatic heterocycles. The Morgan fingerprint density at radius 3 is 2.23 bits per heavy atom. The fourth-order valence-corrected chi connectivity index (χ4v) is 3.47. The maximum atomic E-state index is 13.8. The van der Waals surface area contributed by atoms with E-state index in [9.17, 15) is 19.2 Å². The number of imide groups is 1. The number of hydrazine groups is 1. The molecule has 1 aromatic carbocycles. The highest BCUT2D eigenvalue weighted by molar-refractivity contribution is 5.98. The van der Waals surface area contributed by atoms with Crippen LogP contribution in [0.15, 0.2) is 30.3 Å². The number of carbonyl (C=O) groups is 4. The average Bonchev–Trinajstić information content (AvgIpc) is 3.12. The molecular formula is C25H37N3O7. The molecule has 0 bridgehead atoms. The smallest absolute Gasteiger partial charge is 0.430 e. The fraction of sp³-hybridized carbons (Fsp3) is 0.600. The molecule has 0 aliphatic carbocycles. The second-order valence-corrected chi connectivity index (χ2v) is 10.3. The number of nitrogens with zero attached hydrogens (tertiary/aromatic N) is 2. The van der Waals surface area contributed by atoms with E-state index >= 15 is 0 Å². The zero-order chi connectivity index (χ0) is 26.4. The maximum absolute atomic E-state index is 13.8. The Balaban J connectivity index is 2.44. The van der Waals surface area contributed by atoms with Crippen molar-refractivity contribution >= 4 is 24.2 Å². The van der Waals surface area contributed by atoms with E-state index in [1.807, 2.05) is 13.0 Å². The third-order valence-corrected chi connectivity index (χ3v) is 4.92. The van der Waals surface area contributed by atoms with Crippen molar-refractivity contribution in [3.63, 3.8) is 0 Å². The molecule has 2 rings (SSSR count). The third-order valence-electron chi connectivity index (χ3n) is 4.92. The van der Waals surface area contributed by atoms with Gasteiger partial charge in [0.1, 0.15) is 29.9 Å². The lowest BCUT2D eigenvalue weighted by Gasteiger charge is -2.35. The highest BCUT2D eigenvalue weighted by Crippen LogP contribution is 2.30. The lowest BCUT2D eigenvalue weighted by molar-refractivity contribution is -0.136. The molecule has 10 nitrogen and oxygen atoms in total. The van der Waals surface area contributed by atoms with Gasteiger partial charge in [-0.2, -0.15) is 0 Å². The fourth-order valence-electron chi connectivity index (χ4n) is 3.47. The molecule has 0 radical (unpaired) electrons. The van der Waals surface area contributed by atoms with Gasteiger partial charge in [-0.3, -0.25) is 4.79 Å². The van der Waals surface area contributed by atoms with Crippen molar-refractivity contribution in [2.45, 2.75) is 91.0 Å². The van der Waals surface area contributed by atoms with Gasteiger partial charge < -0.3 is 14.2 Å². The van der Waals surface area contributed by atoms with Crippen LogP contribution in [0.5, 0.6) is 0 Å². The Kier molecular flexibility index (Phi) is 9.12. The van der Waals surface area contributed by atoms with Crippen LogP contribution in [0.2, 0.25) is 0 Å². The number of nitrogens with one attached hydrogen (secondary N) is 1. The molecule has 0 spiro atoms. The molecule has 194 valence electrons. The topological polar surface area (TPSA) is 114 Å². The van der Waals surface area contributed by atoms with Crippen molar-refractivity contribution in [1.29, 1.82) is 0 Å². The minimum Gasteiger partial charge on any atom is -0.446 e. The zero-order valence-electron chi connectivity index (χ0n) is 21.6. The second kappa shape index (κ2) is 11.4. The molecule has 1 heterocycles. The van der Waals surface area contributed by atoms with Crippen LogP contribution >= 0.6 is 0 Å². The van der Waals surface area contributed by atoms with E-state index in [1.54, 1.807) is 65.8 Å². The van der Waals surface area contributed by atoms with Gasteiger partial charge in [-0.1, -0.05) is 50.1 Å². The van der Waals surface area contributed by atoms with Crippen molar-refractivity contribution in [3.8, 4) is 0 Å². The number of ether oxygens (including phenoxy) is 3. The van der Waals surface area contributed by atoms with E-state index in [0.29, 0.717) is 18.4 Å². The molecule has 2 atom stereocenters. The average molecular weight is 492 g/mol. The van der Waals surface area contributed by atoms with Gasteiger partial charge in [0, 0.05) is 0 Å². The summed E-state index contributed by atoms with van der Waals surface area (Å²) in [5, 5.41) is 0.824. The number of carbonyl (C=O) groups excluding carboxylic acids is 4. The summed E-state index contributed by atoms with van der Waals surface area (Å²) in [4.78, 5) is 53.2. The Bertz CT molecular complexity index is 906. The van der Waals surface area contributed by atoms with Crippen LogP contribution in [0.25, 0.3) is 0 Å².